The molecule has 3 heterocycles. The molecule has 2 aromatic rings. The fourth-order valence-electron chi connectivity index (χ4n) is 2.18. The molecule has 16 heavy (non-hydrogen) atoms. The molecule has 86 valence electrons. The molecule has 0 spiro atoms. The topological polar surface area (TPSA) is 52.5 Å². The molecule has 0 amide bonds. The zero-order valence-electron chi connectivity index (χ0n) is 9.06. The molecule has 0 bridgehead atoms. The van der Waals surface area contributed by atoms with Crippen molar-refractivity contribution in [3.63, 3.8) is 0 Å². The summed E-state index contributed by atoms with van der Waals surface area (Å²) in [7, 11) is 0. The van der Waals surface area contributed by atoms with Gasteiger partial charge in [0.05, 0.1) is 5.69 Å². The third-order valence-corrected chi connectivity index (χ3v) is 3.94. The number of imidazole rings is 1. The minimum absolute atomic E-state index is 0.123. The quantitative estimate of drug-likeness (QED) is 0.860. The molecule has 0 unspecified atom stereocenters. The van der Waals surface area contributed by atoms with Gasteiger partial charge in [0.25, 0.3) is 0 Å². The van der Waals surface area contributed by atoms with Crippen molar-refractivity contribution < 1.29 is 4.74 Å². The molecule has 0 atom stereocenters. The summed E-state index contributed by atoms with van der Waals surface area (Å²) >= 11 is 1.66. The van der Waals surface area contributed by atoms with Crippen LogP contribution in [0.15, 0.2) is 17.8 Å². The van der Waals surface area contributed by atoms with Crippen LogP contribution in [0, 0.1) is 0 Å². The maximum atomic E-state index is 6.36. The largest absolute Gasteiger partial charge is 0.381 e. The van der Waals surface area contributed by atoms with Crippen molar-refractivity contribution in [1.29, 1.82) is 0 Å². The van der Waals surface area contributed by atoms with Crippen molar-refractivity contribution in [2.45, 2.75) is 24.8 Å². The first-order chi connectivity index (χ1) is 7.75. The Morgan fingerprint density at radius 3 is 3.06 bits per heavy atom. The summed E-state index contributed by atoms with van der Waals surface area (Å²) in [5.41, 5.74) is 7.33. The smallest absolute Gasteiger partial charge is 0.193 e. The highest BCUT2D eigenvalue weighted by Gasteiger charge is 2.29. The maximum Gasteiger partial charge on any atom is 0.193 e. The number of fused-ring (bicyclic) bond motifs is 1. The van der Waals surface area contributed by atoms with E-state index in [1.54, 1.807) is 11.3 Å². The Labute approximate surface area is 98.0 Å². The first-order valence-electron chi connectivity index (χ1n) is 5.53. The van der Waals surface area contributed by atoms with Crippen LogP contribution in [0.1, 0.15) is 18.5 Å². The van der Waals surface area contributed by atoms with Gasteiger partial charge in [0.15, 0.2) is 4.96 Å². The van der Waals surface area contributed by atoms with Crippen molar-refractivity contribution >= 4 is 16.3 Å². The monoisotopic (exact) mass is 237 g/mol. The van der Waals surface area contributed by atoms with Crippen molar-refractivity contribution in [3.05, 3.63) is 23.5 Å². The molecule has 3 rings (SSSR count). The van der Waals surface area contributed by atoms with Gasteiger partial charge in [-0.1, -0.05) is 0 Å². The van der Waals surface area contributed by atoms with Gasteiger partial charge in [-0.15, -0.1) is 11.3 Å². The number of hydrogen-bond acceptors (Lipinski definition) is 4. The SMILES string of the molecule is NC1(Cc2cn3ccsc3n2)CCOCC1. The standard InChI is InChI=1S/C11H15N3OS/c12-11(1-4-15-5-2-11)7-9-8-14-3-6-16-10(14)13-9/h3,6,8H,1-2,4-5,7,12H2. The molecule has 1 aliphatic heterocycles. The number of ether oxygens (including phenoxy) is 1. The molecule has 5 heteroatoms. The summed E-state index contributed by atoms with van der Waals surface area (Å²) in [6.45, 7) is 1.55. The van der Waals surface area contributed by atoms with Gasteiger partial charge in [-0.3, -0.25) is 4.40 Å². The van der Waals surface area contributed by atoms with E-state index in [1.807, 2.05) is 11.6 Å². The summed E-state index contributed by atoms with van der Waals surface area (Å²) in [5.74, 6) is 0. The fraction of sp³-hybridized carbons (Fsp3) is 0.545. The molecule has 0 saturated carbocycles. The van der Waals surface area contributed by atoms with Crippen LogP contribution >= 0.6 is 11.3 Å². The van der Waals surface area contributed by atoms with E-state index in [4.69, 9.17) is 10.5 Å². The van der Waals surface area contributed by atoms with Crippen LogP contribution in [0.5, 0.6) is 0 Å². The second kappa shape index (κ2) is 3.84. The van der Waals surface area contributed by atoms with Gasteiger partial charge in [-0.2, -0.15) is 0 Å². The third-order valence-electron chi connectivity index (χ3n) is 3.16. The fourth-order valence-corrected chi connectivity index (χ4v) is 2.90. The Morgan fingerprint density at radius 1 is 1.50 bits per heavy atom. The lowest BCUT2D eigenvalue weighted by atomic mass is 9.87. The van der Waals surface area contributed by atoms with Crippen LogP contribution < -0.4 is 5.73 Å². The Morgan fingerprint density at radius 2 is 2.31 bits per heavy atom. The average molecular weight is 237 g/mol. The molecule has 1 aliphatic rings. The minimum Gasteiger partial charge on any atom is -0.381 e. The molecular formula is C11H15N3OS. The van der Waals surface area contributed by atoms with E-state index in [0.29, 0.717) is 0 Å². The molecule has 2 aromatic heterocycles. The van der Waals surface area contributed by atoms with E-state index >= 15 is 0 Å². The lowest BCUT2D eigenvalue weighted by Crippen LogP contribution is -2.47. The maximum absolute atomic E-state index is 6.36. The van der Waals surface area contributed by atoms with E-state index in [2.05, 4.69) is 15.6 Å². The summed E-state index contributed by atoms with van der Waals surface area (Å²) in [6, 6.07) is 0. The van der Waals surface area contributed by atoms with Crippen molar-refractivity contribution in [3.8, 4) is 0 Å². The number of nitrogens with two attached hydrogens (primary N) is 1. The zero-order valence-corrected chi connectivity index (χ0v) is 9.87. The van der Waals surface area contributed by atoms with Crippen LogP contribution in [-0.2, 0) is 11.2 Å². The van der Waals surface area contributed by atoms with Gasteiger partial charge in [0, 0.05) is 42.9 Å². The van der Waals surface area contributed by atoms with Gasteiger partial charge in [0.2, 0.25) is 0 Å². The number of aromatic nitrogens is 2. The number of thiazole rings is 1. The van der Waals surface area contributed by atoms with Crippen LogP contribution in [-0.4, -0.2) is 28.1 Å². The summed E-state index contributed by atoms with van der Waals surface area (Å²) in [6.07, 6.45) is 6.82. The lowest BCUT2D eigenvalue weighted by molar-refractivity contribution is 0.0531. The second-order valence-electron chi connectivity index (χ2n) is 4.48. The van der Waals surface area contributed by atoms with Gasteiger partial charge < -0.3 is 10.5 Å². The van der Waals surface area contributed by atoms with Gasteiger partial charge in [-0.25, -0.2) is 4.98 Å². The minimum atomic E-state index is -0.123. The van der Waals surface area contributed by atoms with Crippen LogP contribution in [0.3, 0.4) is 0 Å². The van der Waals surface area contributed by atoms with Gasteiger partial charge in [0.1, 0.15) is 0 Å². The molecular weight excluding hydrogens is 222 g/mol. The first kappa shape index (κ1) is 10.3. The molecule has 4 nitrogen and oxygen atoms in total. The Bertz CT molecular complexity index is 456. The Hall–Kier alpha value is -0.910. The Balaban J connectivity index is 1.80. The molecule has 1 saturated heterocycles. The van der Waals surface area contributed by atoms with Crippen molar-refractivity contribution in [2.75, 3.05) is 13.2 Å². The van der Waals surface area contributed by atoms with Crippen LogP contribution in [0.2, 0.25) is 0 Å². The Kier molecular flexibility index (Phi) is 2.46. The van der Waals surface area contributed by atoms with Crippen LogP contribution in [0.25, 0.3) is 4.96 Å². The van der Waals surface area contributed by atoms with Crippen molar-refractivity contribution in [2.24, 2.45) is 5.73 Å². The highest BCUT2D eigenvalue weighted by molar-refractivity contribution is 7.15. The number of rotatable bonds is 2. The van der Waals surface area contributed by atoms with E-state index in [1.165, 1.54) is 0 Å². The van der Waals surface area contributed by atoms with Crippen molar-refractivity contribution in [1.82, 2.24) is 9.38 Å². The van der Waals surface area contributed by atoms with E-state index < -0.39 is 0 Å². The normalized spacial score (nSPS) is 20.3. The molecule has 0 radical (unpaired) electrons. The third kappa shape index (κ3) is 1.86. The number of hydrogen-bond donors (Lipinski definition) is 1. The first-order valence-corrected chi connectivity index (χ1v) is 6.41. The number of nitrogens with zero attached hydrogens (tertiary/aromatic N) is 2. The molecule has 0 aliphatic carbocycles. The molecule has 1 fully saturated rings. The average Bonchev–Trinajstić information content (AvgIpc) is 2.78. The van der Waals surface area contributed by atoms with Gasteiger partial charge >= 0.3 is 0 Å². The summed E-state index contributed by atoms with van der Waals surface area (Å²) < 4.78 is 7.40. The lowest BCUT2D eigenvalue weighted by Gasteiger charge is -2.32. The highest BCUT2D eigenvalue weighted by atomic mass is 32.1. The second-order valence-corrected chi connectivity index (χ2v) is 5.35. The van der Waals surface area contributed by atoms with E-state index in [0.717, 1.165) is 43.1 Å². The van der Waals surface area contributed by atoms with E-state index in [-0.39, 0.29) is 5.54 Å². The highest BCUT2D eigenvalue weighted by Crippen LogP contribution is 2.23. The molecule has 0 aromatic carbocycles. The van der Waals surface area contributed by atoms with Gasteiger partial charge in [-0.05, 0) is 12.8 Å². The zero-order chi connectivity index (χ0) is 11.0. The predicted molar refractivity (Wildman–Crippen MR) is 63.7 cm³/mol. The predicted octanol–water partition coefficient (Wildman–Crippen LogP) is 1.45. The molecule has 2 N–H and O–H groups in total. The summed E-state index contributed by atoms with van der Waals surface area (Å²) in [5, 5.41) is 2.04. The van der Waals surface area contributed by atoms with Crippen LogP contribution in [0.4, 0.5) is 0 Å². The summed E-state index contributed by atoms with van der Waals surface area (Å²) in [4.78, 5) is 5.62. The van der Waals surface area contributed by atoms with E-state index in [9.17, 15) is 0 Å².